The van der Waals surface area contributed by atoms with E-state index in [9.17, 15) is 23.1 Å². The van der Waals surface area contributed by atoms with Gasteiger partial charge in [0.1, 0.15) is 5.75 Å². The van der Waals surface area contributed by atoms with Crippen LogP contribution < -0.4 is 10.1 Å². The number of urea groups is 1. The molecule has 11 heteroatoms. The summed E-state index contributed by atoms with van der Waals surface area (Å²) in [5, 5.41) is 20.7. The third-order valence-corrected chi connectivity index (χ3v) is 5.08. The Bertz CT molecular complexity index is 1170. The van der Waals surface area contributed by atoms with Gasteiger partial charge in [-0.1, -0.05) is 18.2 Å². The van der Waals surface area contributed by atoms with Crippen molar-refractivity contribution in [3.63, 3.8) is 0 Å². The first-order valence-electron chi connectivity index (χ1n) is 10.3. The van der Waals surface area contributed by atoms with Crippen molar-refractivity contribution in [2.45, 2.75) is 18.7 Å². The number of carbonyl (C=O) groups excluding carboxylic acids is 1. The predicted octanol–water partition coefficient (Wildman–Crippen LogP) is 4.36. The van der Waals surface area contributed by atoms with Crippen molar-refractivity contribution in [1.82, 2.24) is 20.1 Å². The first-order chi connectivity index (χ1) is 16.3. The number of piperidine rings is 1. The fraction of sp³-hybridized carbons (Fsp3) is 0.217. The van der Waals surface area contributed by atoms with E-state index in [4.69, 9.17) is 4.74 Å². The van der Waals surface area contributed by atoms with Crippen molar-refractivity contribution < 1.29 is 27.8 Å². The van der Waals surface area contributed by atoms with E-state index in [-0.39, 0.29) is 18.5 Å². The second kappa shape index (κ2) is 9.87. The number of benzene rings is 1. The third-order valence-electron chi connectivity index (χ3n) is 5.08. The summed E-state index contributed by atoms with van der Waals surface area (Å²) in [5.74, 6) is 0.736. The number of pyridine rings is 1. The topological polar surface area (TPSA) is 100 Å². The molecule has 34 heavy (non-hydrogen) atoms. The number of nitrogens with one attached hydrogen (secondary N) is 1. The van der Waals surface area contributed by atoms with E-state index in [1.807, 2.05) is 0 Å². The minimum absolute atomic E-state index is 0.0280. The number of aliphatic hydroxyl groups excluding tert-OH is 1. The normalized spacial score (nSPS) is 17.5. The number of carbonyl (C=O) groups is 1. The van der Waals surface area contributed by atoms with Crippen molar-refractivity contribution in [2.75, 3.05) is 18.4 Å². The van der Waals surface area contributed by atoms with Crippen molar-refractivity contribution >= 4 is 17.9 Å². The number of rotatable bonds is 4. The van der Waals surface area contributed by atoms with E-state index in [0.717, 1.165) is 23.3 Å². The second-order valence-corrected chi connectivity index (χ2v) is 7.53. The van der Waals surface area contributed by atoms with Gasteiger partial charge in [-0.05, 0) is 47.9 Å². The molecule has 4 rings (SSSR count). The maximum absolute atomic E-state index is 12.7. The Balaban J connectivity index is 1.39. The lowest BCUT2D eigenvalue weighted by atomic mass is 9.98. The zero-order chi connectivity index (χ0) is 24.1. The summed E-state index contributed by atoms with van der Waals surface area (Å²) in [7, 11) is 0. The number of aromatic nitrogens is 3. The highest BCUT2D eigenvalue weighted by Gasteiger charge is 2.30. The second-order valence-electron chi connectivity index (χ2n) is 7.53. The molecular weight excluding hydrogens is 451 g/mol. The van der Waals surface area contributed by atoms with E-state index in [0.29, 0.717) is 30.7 Å². The number of aliphatic hydroxyl groups is 1. The average Bonchev–Trinajstić information content (AvgIpc) is 2.81. The molecule has 1 unspecified atom stereocenters. The minimum Gasteiger partial charge on any atom is -0.439 e. The Kier molecular flexibility index (Phi) is 6.73. The molecule has 0 aliphatic carbocycles. The van der Waals surface area contributed by atoms with Crippen LogP contribution in [0.5, 0.6) is 11.6 Å². The maximum Gasteiger partial charge on any atom is 0.417 e. The minimum atomic E-state index is -4.47. The lowest BCUT2D eigenvalue weighted by Gasteiger charge is -2.32. The van der Waals surface area contributed by atoms with Crippen LogP contribution in [0.25, 0.3) is 6.08 Å². The molecule has 1 aliphatic rings. The van der Waals surface area contributed by atoms with Gasteiger partial charge in [-0.25, -0.2) is 9.78 Å². The van der Waals surface area contributed by atoms with Crippen LogP contribution in [0, 0.1) is 0 Å². The van der Waals surface area contributed by atoms with Crippen LogP contribution in [0.1, 0.15) is 17.5 Å². The van der Waals surface area contributed by atoms with Gasteiger partial charge in [0.05, 0.1) is 18.2 Å². The number of hydrogen-bond donors (Lipinski definition) is 2. The van der Waals surface area contributed by atoms with Crippen LogP contribution in [-0.4, -0.2) is 50.4 Å². The third kappa shape index (κ3) is 5.87. The van der Waals surface area contributed by atoms with Crippen LogP contribution in [0.3, 0.4) is 0 Å². The van der Waals surface area contributed by atoms with Crippen LogP contribution in [-0.2, 0) is 6.18 Å². The SMILES string of the molecule is O=C(Nc1cccnn1)N1CC/C(=C/c2cccc(Oc3ccc(C(F)(F)F)cn3)c2)C(O)C1. The number of alkyl halides is 3. The van der Waals surface area contributed by atoms with Gasteiger partial charge in [0, 0.05) is 25.0 Å². The molecule has 1 aromatic carbocycles. The smallest absolute Gasteiger partial charge is 0.417 e. The molecule has 0 bridgehead atoms. The van der Waals surface area contributed by atoms with Crippen molar-refractivity contribution in [2.24, 2.45) is 0 Å². The summed E-state index contributed by atoms with van der Waals surface area (Å²) in [5.41, 5.74) is 0.619. The van der Waals surface area contributed by atoms with Gasteiger partial charge in [0.2, 0.25) is 5.88 Å². The Labute approximate surface area is 192 Å². The molecule has 1 aliphatic heterocycles. The van der Waals surface area contributed by atoms with Crippen molar-refractivity contribution in [3.05, 3.63) is 77.6 Å². The van der Waals surface area contributed by atoms with Crippen LogP contribution in [0.4, 0.5) is 23.8 Å². The van der Waals surface area contributed by atoms with Gasteiger partial charge in [-0.3, -0.25) is 5.32 Å². The number of amides is 2. The lowest BCUT2D eigenvalue weighted by molar-refractivity contribution is -0.137. The zero-order valence-corrected chi connectivity index (χ0v) is 17.7. The summed E-state index contributed by atoms with van der Waals surface area (Å²) < 4.78 is 43.6. The molecule has 2 aromatic heterocycles. The Morgan fingerprint density at radius 1 is 1.21 bits per heavy atom. The first kappa shape index (κ1) is 23.2. The number of ether oxygens (including phenoxy) is 1. The van der Waals surface area contributed by atoms with Gasteiger partial charge in [-0.15, -0.1) is 5.10 Å². The highest BCUT2D eigenvalue weighted by Crippen LogP contribution is 2.30. The molecule has 1 atom stereocenters. The van der Waals surface area contributed by atoms with Gasteiger partial charge >= 0.3 is 12.2 Å². The van der Waals surface area contributed by atoms with E-state index >= 15 is 0 Å². The van der Waals surface area contributed by atoms with Crippen LogP contribution in [0.15, 0.2) is 66.5 Å². The quantitative estimate of drug-likeness (QED) is 0.586. The molecule has 0 radical (unpaired) electrons. The standard InChI is InChI=1S/C23H20F3N5O3/c24-23(25,26)17-6-7-21(27-13-17)34-18-4-1-3-15(12-18)11-16-8-10-31(14-19(16)32)22(33)29-20-5-2-9-28-30-20/h1-7,9,11-13,19,32H,8,10,14H2,(H,29,30,33)/b16-11-. The summed E-state index contributed by atoms with van der Waals surface area (Å²) in [6, 6.07) is 11.8. The number of hydrogen-bond acceptors (Lipinski definition) is 6. The molecule has 3 heterocycles. The predicted molar refractivity (Wildman–Crippen MR) is 117 cm³/mol. The molecule has 0 saturated carbocycles. The Hall–Kier alpha value is -3.99. The van der Waals surface area contributed by atoms with Gasteiger partial charge < -0.3 is 14.7 Å². The molecule has 3 aromatic rings. The zero-order valence-electron chi connectivity index (χ0n) is 17.7. The molecule has 176 valence electrons. The van der Waals surface area contributed by atoms with Crippen molar-refractivity contribution in [1.29, 1.82) is 0 Å². The summed E-state index contributed by atoms with van der Waals surface area (Å²) in [6.07, 6.45) is -0.855. The van der Waals surface area contributed by atoms with Gasteiger partial charge in [-0.2, -0.15) is 18.3 Å². The summed E-state index contributed by atoms with van der Waals surface area (Å²) >= 11 is 0. The number of halogens is 3. The van der Waals surface area contributed by atoms with E-state index in [2.05, 4.69) is 20.5 Å². The van der Waals surface area contributed by atoms with Gasteiger partial charge in [0.15, 0.2) is 5.82 Å². The molecular formula is C23H20F3N5O3. The number of β-amino-alcohol motifs (C(OH)–C–C–N with tert-alkyl or cyclic N) is 1. The highest BCUT2D eigenvalue weighted by molar-refractivity contribution is 5.88. The van der Waals surface area contributed by atoms with E-state index < -0.39 is 17.8 Å². The van der Waals surface area contributed by atoms with Crippen molar-refractivity contribution in [3.8, 4) is 11.6 Å². The fourth-order valence-corrected chi connectivity index (χ4v) is 3.37. The number of nitrogens with zero attached hydrogens (tertiary/aromatic N) is 4. The van der Waals surface area contributed by atoms with Crippen LogP contribution in [0.2, 0.25) is 0 Å². The molecule has 0 spiro atoms. The highest BCUT2D eigenvalue weighted by atomic mass is 19.4. The molecule has 1 saturated heterocycles. The first-order valence-corrected chi connectivity index (χ1v) is 10.3. The Morgan fingerprint density at radius 2 is 2.06 bits per heavy atom. The maximum atomic E-state index is 12.7. The summed E-state index contributed by atoms with van der Waals surface area (Å²) in [4.78, 5) is 17.6. The van der Waals surface area contributed by atoms with E-state index in [1.54, 1.807) is 42.5 Å². The molecule has 8 nitrogen and oxygen atoms in total. The number of likely N-dealkylation sites (tertiary alicyclic amines) is 1. The average molecular weight is 471 g/mol. The molecule has 2 N–H and O–H groups in total. The largest absolute Gasteiger partial charge is 0.439 e. The van der Waals surface area contributed by atoms with Gasteiger partial charge in [0.25, 0.3) is 0 Å². The Morgan fingerprint density at radius 3 is 2.74 bits per heavy atom. The lowest BCUT2D eigenvalue weighted by Crippen LogP contribution is -2.45. The summed E-state index contributed by atoms with van der Waals surface area (Å²) in [6.45, 7) is 0.518. The molecule has 2 amide bonds. The van der Waals surface area contributed by atoms with Crippen LogP contribution >= 0.6 is 0 Å². The van der Waals surface area contributed by atoms with E-state index in [1.165, 1.54) is 11.1 Å². The number of anilines is 1. The molecule has 1 fully saturated rings. The fourth-order valence-electron chi connectivity index (χ4n) is 3.37. The monoisotopic (exact) mass is 471 g/mol.